The van der Waals surface area contributed by atoms with E-state index in [9.17, 15) is 4.79 Å². The Bertz CT molecular complexity index is 1130. The van der Waals surface area contributed by atoms with Gasteiger partial charge in [0.05, 0.1) is 7.11 Å². The predicted molar refractivity (Wildman–Crippen MR) is 119 cm³/mol. The van der Waals surface area contributed by atoms with E-state index in [2.05, 4.69) is 10.3 Å². The van der Waals surface area contributed by atoms with E-state index >= 15 is 0 Å². The van der Waals surface area contributed by atoms with Gasteiger partial charge in [0.15, 0.2) is 0 Å². The minimum atomic E-state index is -0.0845. The molecule has 0 unspecified atom stereocenters. The minimum Gasteiger partial charge on any atom is -0.497 e. The molecule has 4 aromatic rings. The molecular weight excluding hydrogens is 380 g/mol. The van der Waals surface area contributed by atoms with Gasteiger partial charge in [-0.3, -0.25) is 4.79 Å². The number of methoxy groups -OCH3 is 1. The smallest absolute Gasteiger partial charge is 0.244 e. The summed E-state index contributed by atoms with van der Waals surface area (Å²) in [5.74, 6) is 0.741. The second kappa shape index (κ2) is 8.80. The summed E-state index contributed by atoms with van der Waals surface area (Å²) < 4.78 is 5.27. The van der Waals surface area contributed by atoms with Gasteiger partial charge in [0.1, 0.15) is 5.75 Å². The molecule has 2 N–H and O–H groups in total. The van der Waals surface area contributed by atoms with Crippen LogP contribution in [0.25, 0.3) is 16.5 Å². The van der Waals surface area contributed by atoms with Crippen LogP contribution in [-0.4, -0.2) is 24.5 Å². The standard InChI is InChI=1S/C24H22N2O2S/c1-28-19-9-10-20-18(16-26-22(20)14-19)11-12-25-24(27)15-21(23-8-5-13-29-23)17-6-3-2-4-7-17/h2-10,13-16,26H,11-12H2,1H3,(H,25,27). The summed E-state index contributed by atoms with van der Waals surface area (Å²) in [4.78, 5) is 16.9. The molecule has 0 saturated heterocycles. The molecule has 4 nitrogen and oxygen atoms in total. The van der Waals surface area contributed by atoms with Crippen molar-refractivity contribution in [2.45, 2.75) is 6.42 Å². The van der Waals surface area contributed by atoms with Crippen LogP contribution in [-0.2, 0) is 11.2 Å². The second-order valence-electron chi connectivity index (χ2n) is 6.67. The van der Waals surface area contributed by atoms with Crippen molar-refractivity contribution in [1.29, 1.82) is 0 Å². The average Bonchev–Trinajstić information content (AvgIpc) is 3.42. The molecule has 0 aliphatic rings. The Kier molecular flexibility index (Phi) is 5.77. The summed E-state index contributed by atoms with van der Waals surface area (Å²) in [5, 5.41) is 6.20. The fraction of sp³-hybridized carbons (Fsp3) is 0.125. The van der Waals surface area contributed by atoms with E-state index < -0.39 is 0 Å². The quantitative estimate of drug-likeness (QED) is 0.426. The zero-order chi connectivity index (χ0) is 20.1. The van der Waals surface area contributed by atoms with Gasteiger partial charge in [-0.2, -0.15) is 0 Å². The number of thiophene rings is 1. The lowest BCUT2D eigenvalue weighted by atomic mass is 10.0. The highest BCUT2D eigenvalue weighted by Gasteiger charge is 2.09. The van der Waals surface area contributed by atoms with Crippen molar-refractivity contribution in [1.82, 2.24) is 10.3 Å². The number of carbonyl (C=O) groups excluding carboxylic acids is 1. The van der Waals surface area contributed by atoms with Crippen molar-refractivity contribution in [2.75, 3.05) is 13.7 Å². The normalized spacial score (nSPS) is 11.6. The molecule has 2 aromatic heterocycles. The monoisotopic (exact) mass is 402 g/mol. The summed E-state index contributed by atoms with van der Waals surface area (Å²) in [6.07, 6.45) is 4.44. The average molecular weight is 403 g/mol. The number of ether oxygens (including phenoxy) is 1. The van der Waals surface area contributed by atoms with Crippen molar-refractivity contribution in [3.63, 3.8) is 0 Å². The molecule has 29 heavy (non-hydrogen) atoms. The highest BCUT2D eigenvalue weighted by molar-refractivity contribution is 7.11. The molecule has 0 fully saturated rings. The Morgan fingerprint density at radius 3 is 2.76 bits per heavy atom. The van der Waals surface area contributed by atoms with Crippen LogP contribution in [0.15, 0.2) is 78.3 Å². The number of hydrogen-bond acceptors (Lipinski definition) is 3. The summed E-state index contributed by atoms with van der Waals surface area (Å²) in [6.45, 7) is 0.570. The number of amides is 1. The third-order valence-electron chi connectivity index (χ3n) is 4.82. The van der Waals surface area contributed by atoms with Crippen LogP contribution in [0.3, 0.4) is 0 Å². The van der Waals surface area contributed by atoms with Gasteiger partial charge in [-0.1, -0.05) is 36.4 Å². The number of aromatic amines is 1. The summed E-state index contributed by atoms with van der Waals surface area (Å²) in [6, 6.07) is 20.0. The number of rotatable bonds is 7. The number of aromatic nitrogens is 1. The third-order valence-corrected chi connectivity index (χ3v) is 5.72. The molecule has 0 saturated carbocycles. The van der Waals surface area contributed by atoms with Gasteiger partial charge in [0.2, 0.25) is 5.91 Å². The molecule has 0 spiro atoms. The molecule has 0 bridgehead atoms. The van der Waals surface area contributed by atoms with Gasteiger partial charge in [-0.15, -0.1) is 11.3 Å². The summed E-state index contributed by atoms with van der Waals surface area (Å²) in [7, 11) is 1.66. The molecule has 0 aliphatic carbocycles. The molecule has 4 rings (SSSR count). The van der Waals surface area contributed by atoms with Crippen LogP contribution >= 0.6 is 11.3 Å². The SMILES string of the molecule is COc1ccc2c(CCNC(=O)C=C(c3ccccc3)c3cccs3)c[nH]c2c1. The first-order chi connectivity index (χ1) is 14.2. The maximum absolute atomic E-state index is 12.6. The van der Waals surface area contributed by atoms with E-state index in [1.807, 2.05) is 72.2 Å². The molecule has 5 heteroatoms. The van der Waals surface area contributed by atoms with Gasteiger partial charge in [-0.25, -0.2) is 0 Å². The Morgan fingerprint density at radius 2 is 2.00 bits per heavy atom. The highest BCUT2D eigenvalue weighted by atomic mass is 32.1. The predicted octanol–water partition coefficient (Wildman–Crippen LogP) is 5.03. The fourth-order valence-corrected chi connectivity index (χ4v) is 4.11. The van der Waals surface area contributed by atoms with Crippen LogP contribution in [0.1, 0.15) is 16.0 Å². The Labute approximate surface area is 173 Å². The Balaban J connectivity index is 1.45. The van der Waals surface area contributed by atoms with E-state index in [4.69, 9.17) is 4.74 Å². The molecule has 1 amide bonds. The molecule has 0 aliphatic heterocycles. The van der Waals surface area contributed by atoms with Crippen LogP contribution in [0.5, 0.6) is 5.75 Å². The second-order valence-corrected chi connectivity index (χ2v) is 7.62. The largest absolute Gasteiger partial charge is 0.497 e. The van der Waals surface area contributed by atoms with Crippen LogP contribution in [0, 0.1) is 0 Å². The third kappa shape index (κ3) is 4.41. The van der Waals surface area contributed by atoms with Crippen LogP contribution < -0.4 is 10.1 Å². The Hall–Kier alpha value is -3.31. The molecule has 146 valence electrons. The van der Waals surface area contributed by atoms with Crippen LogP contribution in [0.4, 0.5) is 0 Å². The highest BCUT2D eigenvalue weighted by Crippen LogP contribution is 2.27. The number of hydrogen-bond donors (Lipinski definition) is 2. The molecular formula is C24H22N2O2S. The lowest BCUT2D eigenvalue weighted by molar-refractivity contribution is -0.116. The molecule has 0 radical (unpaired) electrons. The number of benzene rings is 2. The van der Waals surface area contributed by atoms with E-state index in [0.29, 0.717) is 6.54 Å². The number of carbonyl (C=O) groups is 1. The molecule has 2 heterocycles. The van der Waals surface area contributed by atoms with Crippen molar-refractivity contribution in [3.05, 3.63) is 94.3 Å². The van der Waals surface area contributed by atoms with Gasteiger partial charge >= 0.3 is 0 Å². The minimum absolute atomic E-state index is 0.0845. The summed E-state index contributed by atoms with van der Waals surface area (Å²) in [5.41, 5.74) is 4.19. The van der Waals surface area contributed by atoms with Gasteiger partial charge in [-0.05, 0) is 41.1 Å². The first-order valence-electron chi connectivity index (χ1n) is 9.47. The Morgan fingerprint density at radius 1 is 1.14 bits per heavy atom. The first kappa shape index (κ1) is 19.0. The zero-order valence-corrected chi connectivity index (χ0v) is 17.0. The number of H-pyrrole nitrogens is 1. The zero-order valence-electron chi connectivity index (χ0n) is 16.1. The fourth-order valence-electron chi connectivity index (χ4n) is 3.35. The van der Waals surface area contributed by atoms with Crippen molar-refractivity contribution in [2.24, 2.45) is 0 Å². The van der Waals surface area contributed by atoms with Crippen molar-refractivity contribution >= 4 is 33.7 Å². The van der Waals surface area contributed by atoms with Gasteiger partial charge in [0.25, 0.3) is 0 Å². The first-order valence-corrected chi connectivity index (χ1v) is 10.4. The molecule has 0 atom stereocenters. The van der Waals surface area contributed by atoms with E-state index in [1.54, 1.807) is 24.5 Å². The van der Waals surface area contributed by atoms with E-state index in [0.717, 1.165) is 39.1 Å². The maximum Gasteiger partial charge on any atom is 0.244 e. The topological polar surface area (TPSA) is 54.1 Å². The number of nitrogens with one attached hydrogen (secondary N) is 2. The number of fused-ring (bicyclic) bond motifs is 1. The van der Waals surface area contributed by atoms with Crippen molar-refractivity contribution in [3.8, 4) is 5.75 Å². The van der Waals surface area contributed by atoms with Crippen LogP contribution in [0.2, 0.25) is 0 Å². The van der Waals surface area contributed by atoms with Crippen molar-refractivity contribution < 1.29 is 9.53 Å². The summed E-state index contributed by atoms with van der Waals surface area (Å²) >= 11 is 1.63. The van der Waals surface area contributed by atoms with Gasteiger partial charge in [0, 0.05) is 46.2 Å². The van der Waals surface area contributed by atoms with E-state index in [1.165, 1.54) is 5.56 Å². The van der Waals surface area contributed by atoms with Gasteiger partial charge < -0.3 is 15.0 Å². The lowest BCUT2D eigenvalue weighted by Crippen LogP contribution is -2.24. The maximum atomic E-state index is 12.6. The lowest BCUT2D eigenvalue weighted by Gasteiger charge is -2.07. The molecule has 2 aromatic carbocycles. The van der Waals surface area contributed by atoms with E-state index in [-0.39, 0.29) is 5.91 Å².